The Balaban J connectivity index is 3.17. The molecular weight excluding hydrogens is 205 g/mol. The molecule has 0 atom stereocenters. The van der Waals surface area contributed by atoms with Gasteiger partial charge in [-0.3, -0.25) is 0 Å². The van der Waals surface area contributed by atoms with Crippen molar-refractivity contribution >= 4 is 27.5 Å². The lowest BCUT2D eigenvalue weighted by molar-refractivity contribution is 0.472. The van der Waals surface area contributed by atoms with Gasteiger partial charge in [0, 0.05) is 0 Å². The average molecular weight is 208 g/mol. The molecule has 0 aliphatic heterocycles. The van der Waals surface area contributed by atoms with Gasteiger partial charge < -0.3 is 5.11 Å². The van der Waals surface area contributed by atoms with Gasteiger partial charge in [0.2, 0.25) is 0 Å². The summed E-state index contributed by atoms with van der Waals surface area (Å²) in [6, 6.07) is 1.52. The van der Waals surface area contributed by atoms with Crippen LogP contribution in [0.3, 0.4) is 0 Å². The second kappa shape index (κ2) is 2.54. The molecule has 4 heteroatoms. The largest absolute Gasteiger partial charge is 0.505 e. The SMILES string of the molecule is Oc1cnc(Br)cc1Cl. The van der Waals surface area contributed by atoms with Gasteiger partial charge in [0.15, 0.2) is 5.75 Å². The summed E-state index contributed by atoms with van der Waals surface area (Å²) in [6.07, 6.45) is 1.28. The molecule has 1 heterocycles. The maximum absolute atomic E-state index is 8.83. The first-order valence-electron chi connectivity index (χ1n) is 2.20. The Bertz CT molecular complexity index is 228. The van der Waals surface area contributed by atoms with Crippen LogP contribution in [0.5, 0.6) is 5.75 Å². The molecule has 0 aliphatic rings. The lowest BCUT2D eigenvalue weighted by Gasteiger charge is -1.93. The molecule has 1 aromatic rings. The molecule has 0 aromatic carbocycles. The van der Waals surface area contributed by atoms with Crippen molar-refractivity contribution in [2.45, 2.75) is 0 Å². The van der Waals surface area contributed by atoms with Crippen LogP contribution < -0.4 is 0 Å². The van der Waals surface area contributed by atoms with E-state index >= 15 is 0 Å². The highest BCUT2D eigenvalue weighted by atomic mass is 79.9. The van der Waals surface area contributed by atoms with Crippen LogP contribution in [0.2, 0.25) is 5.02 Å². The van der Waals surface area contributed by atoms with Crippen molar-refractivity contribution in [2.75, 3.05) is 0 Å². The van der Waals surface area contributed by atoms with E-state index in [0.29, 0.717) is 9.63 Å². The number of hydrogen-bond acceptors (Lipinski definition) is 2. The molecule has 2 nitrogen and oxygen atoms in total. The number of rotatable bonds is 0. The van der Waals surface area contributed by atoms with Crippen LogP contribution in [0.25, 0.3) is 0 Å². The molecule has 1 N–H and O–H groups in total. The minimum Gasteiger partial charge on any atom is -0.505 e. The van der Waals surface area contributed by atoms with E-state index in [1.54, 1.807) is 0 Å². The molecule has 0 saturated carbocycles. The first-order chi connectivity index (χ1) is 4.20. The van der Waals surface area contributed by atoms with E-state index in [9.17, 15) is 0 Å². The van der Waals surface area contributed by atoms with Crippen LogP contribution in [0, 0.1) is 0 Å². The fourth-order valence-electron chi connectivity index (χ4n) is 0.400. The summed E-state index contributed by atoms with van der Waals surface area (Å²) in [7, 11) is 0. The molecule has 0 spiro atoms. The average Bonchev–Trinajstić information content (AvgIpc) is 1.80. The van der Waals surface area contributed by atoms with Crippen molar-refractivity contribution < 1.29 is 5.11 Å². The Morgan fingerprint density at radius 3 is 2.78 bits per heavy atom. The van der Waals surface area contributed by atoms with E-state index in [2.05, 4.69) is 20.9 Å². The summed E-state index contributed by atoms with van der Waals surface area (Å²) in [6.45, 7) is 0. The summed E-state index contributed by atoms with van der Waals surface area (Å²) >= 11 is 8.58. The van der Waals surface area contributed by atoms with Crippen molar-refractivity contribution in [3.63, 3.8) is 0 Å². The van der Waals surface area contributed by atoms with Gasteiger partial charge in [-0.15, -0.1) is 0 Å². The molecule has 0 bridgehead atoms. The van der Waals surface area contributed by atoms with Gasteiger partial charge in [0.25, 0.3) is 0 Å². The Hall–Kier alpha value is -0.280. The summed E-state index contributed by atoms with van der Waals surface area (Å²) in [4.78, 5) is 3.72. The second-order valence-electron chi connectivity index (χ2n) is 1.46. The Kier molecular flexibility index (Phi) is 1.93. The molecule has 48 valence electrons. The molecule has 1 rings (SSSR count). The van der Waals surface area contributed by atoms with E-state index < -0.39 is 0 Å². The van der Waals surface area contributed by atoms with Crippen LogP contribution in [-0.2, 0) is 0 Å². The number of nitrogens with zero attached hydrogens (tertiary/aromatic N) is 1. The fourth-order valence-corrected chi connectivity index (χ4v) is 1.02. The lowest BCUT2D eigenvalue weighted by Crippen LogP contribution is -1.73. The zero-order chi connectivity index (χ0) is 6.85. The predicted octanol–water partition coefficient (Wildman–Crippen LogP) is 2.20. The molecule has 0 aliphatic carbocycles. The van der Waals surface area contributed by atoms with Crippen molar-refractivity contribution in [3.05, 3.63) is 21.9 Å². The smallest absolute Gasteiger partial charge is 0.152 e. The molecule has 0 radical (unpaired) electrons. The van der Waals surface area contributed by atoms with Crippen molar-refractivity contribution in [2.24, 2.45) is 0 Å². The van der Waals surface area contributed by atoms with Crippen molar-refractivity contribution in [1.29, 1.82) is 0 Å². The maximum atomic E-state index is 8.83. The van der Waals surface area contributed by atoms with Gasteiger partial charge in [-0.1, -0.05) is 11.6 Å². The first-order valence-corrected chi connectivity index (χ1v) is 3.37. The number of hydrogen-bond donors (Lipinski definition) is 1. The molecule has 0 unspecified atom stereocenters. The molecule has 0 saturated heterocycles. The highest BCUT2D eigenvalue weighted by Gasteiger charge is 1.96. The first kappa shape index (κ1) is 6.83. The van der Waals surface area contributed by atoms with Crippen LogP contribution in [-0.4, -0.2) is 10.1 Å². The minimum absolute atomic E-state index is 0.000123. The van der Waals surface area contributed by atoms with Gasteiger partial charge in [-0.05, 0) is 22.0 Å². The van der Waals surface area contributed by atoms with E-state index in [1.807, 2.05) is 0 Å². The highest BCUT2D eigenvalue weighted by Crippen LogP contribution is 2.23. The Morgan fingerprint density at radius 2 is 2.33 bits per heavy atom. The third kappa shape index (κ3) is 1.56. The van der Waals surface area contributed by atoms with E-state index in [0.717, 1.165) is 0 Å². The van der Waals surface area contributed by atoms with Crippen molar-refractivity contribution in [1.82, 2.24) is 4.98 Å². The second-order valence-corrected chi connectivity index (χ2v) is 2.68. The summed E-state index contributed by atoms with van der Waals surface area (Å²) < 4.78 is 0.616. The van der Waals surface area contributed by atoms with Gasteiger partial charge in [-0.2, -0.15) is 0 Å². The molecule has 0 fully saturated rings. The number of aromatic hydroxyl groups is 1. The normalized spacial score (nSPS) is 9.56. The zero-order valence-corrected chi connectivity index (χ0v) is 6.65. The quantitative estimate of drug-likeness (QED) is 0.663. The van der Waals surface area contributed by atoms with E-state index in [1.165, 1.54) is 12.3 Å². The fraction of sp³-hybridized carbons (Fsp3) is 0. The van der Waals surface area contributed by atoms with Gasteiger partial charge in [0.1, 0.15) is 4.60 Å². The van der Waals surface area contributed by atoms with Crippen LogP contribution in [0.4, 0.5) is 0 Å². The number of pyridine rings is 1. The summed E-state index contributed by atoms with van der Waals surface area (Å²) in [5.74, 6) is -0.000123. The minimum atomic E-state index is -0.000123. The highest BCUT2D eigenvalue weighted by molar-refractivity contribution is 9.10. The third-order valence-corrected chi connectivity index (χ3v) is 1.54. The van der Waals surface area contributed by atoms with Gasteiger partial charge in [-0.25, -0.2) is 4.98 Å². The number of aromatic nitrogens is 1. The molecule has 0 amide bonds. The summed E-state index contributed by atoms with van der Waals surface area (Å²) in [5.41, 5.74) is 0. The third-order valence-electron chi connectivity index (χ3n) is 0.801. The summed E-state index contributed by atoms with van der Waals surface area (Å²) in [5, 5.41) is 9.13. The molecule has 9 heavy (non-hydrogen) atoms. The van der Waals surface area contributed by atoms with Crippen molar-refractivity contribution in [3.8, 4) is 5.75 Å². The van der Waals surface area contributed by atoms with Crippen LogP contribution in [0.1, 0.15) is 0 Å². The molecular formula is C5H3BrClNO. The monoisotopic (exact) mass is 207 g/mol. The number of halogens is 2. The van der Waals surface area contributed by atoms with Crippen LogP contribution in [0.15, 0.2) is 16.9 Å². The van der Waals surface area contributed by atoms with Crippen LogP contribution >= 0.6 is 27.5 Å². The van der Waals surface area contributed by atoms with E-state index in [-0.39, 0.29) is 5.75 Å². The Morgan fingerprint density at radius 1 is 1.67 bits per heavy atom. The lowest BCUT2D eigenvalue weighted by atomic mass is 10.5. The topological polar surface area (TPSA) is 33.1 Å². The van der Waals surface area contributed by atoms with Gasteiger partial charge in [0.05, 0.1) is 11.2 Å². The van der Waals surface area contributed by atoms with E-state index in [4.69, 9.17) is 16.7 Å². The Labute approximate surface area is 65.6 Å². The predicted molar refractivity (Wildman–Crippen MR) is 38.6 cm³/mol. The maximum Gasteiger partial charge on any atom is 0.152 e. The molecule has 1 aromatic heterocycles. The zero-order valence-electron chi connectivity index (χ0n) is 4.31. The standard InChI is InChI=1S/C5H3BrClNO/c6-5-1-3(7)4(9)2-8-5/h1-2,9H. The van der Waals surface area contributed by atoms with Gasteiger partial charge >= 0.3 is 0 Å².